The van der Waals surface area contributed by atoms with Crippen LogP contribution < -0.4 is 15.1 Å². The molecule has 7 nitrogen and oxygen atoms in total. The molecule has 2 aromatic carbocycles. The van der Waals surface area contributed by atoms with Crippen molar-refractivity contribution in [2.75, 3.05) is 35.8 Å². The fraction of sp³-hybridized carbons (Fsp3) is 0.375. The van der Waals surface area contributed by atoms with Gasteiger partial charge in [0.1, 0.15) is 18.5 Å². The zero-order chi connectivity index (χ0) is 24.9. The van der Waals surface area contributed by atoms with Crippen molar-refractivity contribution in [2.24, 2.45) is 0 Å². The molecule has 0 saturated heterocycles. The first-order valence-corrected chi connectivity index (χ1v) is 10.8. The Balaban J connectivity index is 1.79. The summed E-state index contributed by atoms with van der Waals surface area (Å²) in [4.78, 5) is 16.1. The standard InChI is InChI=1S/C24H26F3N5O2/c1-12(15-7-6-8-18(21(15)25)24(26,27)11-33)28-22-17-10-20-19(9-16(17)13(2)29-30-22)31(4)14(3)23(34)32(20)5/h6-10,12,14,33H,11H2,1-5H3,(H,28,30)/t12-,14?/m1/s1. The van der Waals surface area contributed by atoms with Crippen LogP contribution in [0.5, 0.6) is 0 Å². The van der Waals surface area contributed by atoms with E-state index in [4.69, 9.17) is 5.11 Å². The second-order valence-corrected chi connectivity index (χ2v) is 8.64. The summed E-state index contributed by atoms with van der Waals surface area (Å²) < 4.78 is 42.9. The smallest absolute Gasteiger partial charge is 0.298 e. The molecule has 10 heteroatoms. The first-order valence-electron chi connectivity index (χ1n) is 10.8. The van der Waals surface area contributed by atoms with Crippen molar-refractivity contribution >= 4 is 33.9 Å². The van der Waals surface area contributed by atoms with Crippen LogP contribution >= 0.6 is 0 Å². The van der Waals surface area contributed by atoms with Gasteiger partial charge < -0.3 is 20.2 Å². The van der Waals surface area contributed by atoms with Gasteiger partial charge >= 0.3 is 0 Å². The molecule has 0 radical (unpaired) electrons. The number of hydrogen-bond acceptors (Lipinski definition) is 6. The molecule has 0 aliphatic carbocycles. The minimum atomic E-state index is -3.70. The highest BCUT2D eigenvalue weighted by molar-refractivity contribution is 6.09. The number of aliphatic hydroxyl groups excluding tert-OH is 1. The van der Waals surface area contributed by atoms with Crippen molar-refractivity contribution in [3.63, 3.8) is 0 Å². The molecule has 0 bridgehead atoms. The summed E-state index contributed by atoms with van der Waals surface area (Å²) >= 11 is 0. The lowest BCUT2D eigenvalue weighted by atomic mass is 9.99. The molecule has 1 aromatic heterocycles. The highest BCUT2D eigenvalue weighted by Crippen LogP contribution is 2.40. The van der Waals surface area contributed by atoms with E-state index in [1.807, 2.05) is 37.9 Å². The van der Waals surface area contributed by atoms with Gasteiger partial charge in [-0.1, -0.05) is 12.1 Å². The van der Waals surface area contributed by atoms with Crippen molar-refractivity contribution in [1.29, 1.82) is 0 Å². The van der Waals surface area contributed by atoms with E-state index in [-0.39, 0.29) is 17.5 Å². The highest BCUT2D eigenvalue weighted by atomic mass is 19.3. The van der Waals surface area contributed by atoms with E-state index in [1.54, 1.807) is 18.9 Å². The number of fused-ring (bicyclic) bond motifs is 2. The molecule has 2 heterocycles. The van der Waals surface area contributed by atoms with E-state index < -0.39 is 30.0 Å². The van der Waals surface area contributed by atoms with Gasteiger partial charge in [-0.2, -0.15) is 13.9 Å². The molecule has 3 aromatic rings. The van der Waals surface area contributed by atoms with Crippen LogP contribution in [0.25, 0.3) is 10.8 Å². The predicted molar refractivity (Wildman–Crippen MR) is 125 cm³/mol. The third kappa shape index (κ3) is 3.71. The Labute approximate surface area is 195 Å². The predicted octanol–water partition coefficient (Wildman–Crippen LogP) is 4.14. The number of halogens is 3. The van der Waals surface area contributed by atoms with Crippen molar-refractivity contribution in [2.45, 2.75) is 38.8 Å². The molecule has 1 aliphatic rings. The van der Waals surface area contributed by atoms with Crippen LogP contribution in [0, 0.1) is 12.7 Å². The summed E-state index contributed by atoms with van der Waals surface area (Å²) in [6, 6.07) is 6.38. The Hall–Kier alpha value is -3.40. The number of nitrogens with zero attached hydrogens (tertiary/aromatic N) is 4. The lowest BCUT2D eigenvalue weighted by Gasteiger charge is -2.38. The minimum Gasteiger partial charge on any atom is -0.390 e. The van der Waals surface area contributed by atoms with Crippen LogP contribution in [0.3, 0.4) is 0 Å². The minimum absolute atomic E-state index is 0.0000334. The molecule has 2 atom stereocenters. The lowest BCUT2D eigenvalue weighted by Crippen LogP contribution is -2.48. The van der Waals surface area contributed by atoms with E-state index in [9.17, 15) is 18.0 Å². The fourth-order valence-electron chi connectivity index (χ4n) is 4.27. The van der Waals surface area contributed by atoms with Crippen LogP contribution in [0.1, 0.15) is 36.7 Å². The number of carbonyl (C=O) groups is 1. The van der Waals surface area contributed by atoms with Crippen molar-refractivity contribution in [1.82, 2.24) is 10.2 Å². The highest BCUT2D eigenvalue weighted by Gasteiger charge is 2.35. The average Bonchev–Trinajstić information content (AvgIpc) is 2.82. The molecule has 1 aliphatic heterocycles. The van der Waals surface area contributed by atoms with Crippen LogP contribution in [0.2, 0.25) is 0 Å². The number of amides is 1. The number of aryl methyl sites for hydroxylation is 1. The van der Waals surface area contributed by atoms with Gasteiger partial charge in [0, 0.05) is 30.4 Å². The molecule has 1 amide bonds. The van der Waals surface area contributed by atoms with E-state index in [0.29, 0.717) is 22.6 Å². The monoisotopic (exact) mass is 473 g/mol. The Morgan fingerprint density at radius 2 is 1.85 bits per heavy atom. The second-order valence-electron chi connectivity index (χ2n) is 8.64. The number of aromatic nitrogens is 2. The summed E-state index contributed by atoms with van der Waals surface area (Å²) in [5.74, 6) is -4.52. The van der Waals surface area contributed by atoms with Crippen LogP contribution in [0.15, 0.2) is 30.3 Å². The van der Waals surface area contributed by atoms with Gasteiger partial charge in [0.15, 0.2) is 5.82 Å². The zero-order valence-corrected chi connectivity index (χ0v) is 19.5. The van der Waals surface area contributed by atoms with Gasteiger partial charge in [0.25, 0.3) is 5.92 Å². The number of likely N-dealkylation sites (N-methyl/N-ethyl adjacent to an activating group) is 2. The number of alkyl halides is 2. The first kappa shape index (κ1) is 23.7. The quantitative estimate of drug-likeness (QED) is 0.580. The Morgan fingerprint density at radius 3 is 2.53 bits per heavy atom. The third-order valence-corrected chi connectivity index (χ3v) is 6.51. The summed E-state index contributed by atoms with van der Waals surface area (Å²) in [6.07, 6.45) is 0. The maximum absolute atomic E-state index is 15.0. The lowest BCUT2D eigenvalue weighted by molar-refractivity contribution is -0.119. The molecule has 1 unspecified atom stereocenters. The second kappa shape index (κ2) is 8.43. The number of rotatable bonds is 5. The molecule has 180 valence electrons. The van der Waals surface area contributed by atoms with Gasteiger partial charge in [-0.15, -0.1) is 5.10 Å². The molecule has 2 N–H and O–H groups in total. The molecular weight excluding hydrogens is 447 g/mol. The van der Waals surface area contributed by atoms with Gasteiger partial charge in [-0.05, 0) is 39.0 Å². The molecule has 0 saturated carbocycles. The van der Waals surface area contributed by atoms with Crippen LogP contribution in [0.4, 0.5) is 30.4 Å². The topological polar surface area (TPSA) is 81.6 Å². The number of nitrogens with one attached hydrogen (secondary N) is 1. The molecule has 34 heavy (non-hydrogen) atoms. The van der Waals surface area contributed by atoms with Crippen LogP contribution in [-0.4, -0.2) is 48.0 Å². The van der Waals surface area contributed by atoms with Gasteiger partial charge in [-0.3, -0.25) is 4.79 Å². The van der Waals surface area contributed by atoms with E-state index in [0.717, 1.165) is 17.1 Å². The summed E-state index contributed by atoms with van der Waals surface area (Å²) in [6.45, 7) is 3.78. The fourth-order valence-corrected chi connectivity index (χ4v) is 4.27. The van der Waals surface area contributed by atoms with Crippen molar-refractivity contribution < 1.29 is 23.1 Å². The number of benzene rings is 2. The largest absolute Gasteiger partial charge is 0.390 e. The molecule has 0 spiro atoms. The molecular formula is C24H26F3N5O2. The van der Waals surface area contributed by atoms with E-state index in [1.165, 1.54) is 12.1 Å². The SMILES string of the molecule is Cc1nnc(N[C@H](C)c2cccc(C(F)(F)CO)c2F)c2cc3c(cc12)N(C)C(C)C(=O)N3C. The maximum atomic E-state index is 15.0. The van der Waals surface area contributed by atoms with Crippen LogP contribution in [-0.2, 0) is 10.7 Å². The number of anilines is 3. The molecule has 4 rings (SSSR count). The summed E-state index contributed by atoms with van der Waals surface area (Å²) in [5, 5.41) is 22.0. The summed E-state index contributed by atoms with van der Waals surface area (Å²) in [7, 11) is 3.55. The van der Waals surface area contributed by atoms with Gasteiger partial charge in [-0.25, -0.2) is 4.39 Å². The van der Waals surface area contributed by atoms with Crippen molar-refractivity contribution in [3.05, 3.63) is 53.0 Å². The zero-order valence-electron chi connectivity index (χ0n) is 19.5. The van der Waals surface area contributed by atoms with Gasteiger partial charge in [0.2, 0.25) is 5.91 Å². The molecule has 0 fully saturated rings. The Kier molecular flexibility index (Phi) is 5.89. The van der Waals surface area contributed by atoms with Gasteiger partial charge in [0.05, 0.1) is 28.7 Å². The van der Waals surface area contributed by atoms with E-state index >= 15 is 0 Å². The Morgan fingerprint density at radius 1 is 1.18 bits per heavy atom. The third-order valence-electron chi connectivity index (χ3n) is 6.51. The summed E-state index contributed by atoms with van der Waals surface area (Å²) in [5.41, 5.74) is 1.36. The number of hydrogen-bond donors (Lipinski definition) is 2. The van der Waals surface area contributed by atoms with E-state index in [2.05, 4.69) is 15.5 Å². The number of aliphatic hydroxyl groups is 1. The number of carbonyl (C=O) groups excluding carboxylic acids is 1. The maximum Gasteiger partial charge on any atom is 0.298 e. The first-order chi connectivity index (χ1) is 16.0. The Bertz CT molecular complexity index is 1280. The van der Waals surface area contributed by atoms with Crippen molar-refractivity contribution in [3.8, 4) is 0 Å². The average molecular weight is 473 g/mol. The normalized spacial score (nSPS) is 17.2.